The molecule has 0 fully saturated rings. The van der Waals surface area contributed by atoms with E-state index in [1.807, 2.05) is 41.8 Å². The summed E-state index contributed by atoms with van der Waals surface area (Å²) in [6.07, 6.45) is 0.719. The molecule has 0 aliphatic rings. The second-order valence-electron chi connectivity index (χ2n) is 5.40. The molecule has 3 aromatic rings. The number of amides is 1. The number of rotatable bonds is 9. The number of tetrazole rings is 1. The summed E-state index contributed by atoms with van der Waals surface area (Å²) >= 11 is 2.98. The van der Waals surface area contributed by atoms with Gasteiger partial charge in [-0.15, -0.1) is 16.4 Å². The fourth-order valence-corrected chi connectivity index (χ4v) is 3.77. The number of ether oxygens (including phenoxy) is 1. The van der Waals surface area contributed by atoms with Gasteiger partial charge in [0.15, 0.2) is 0 Å². The van der Waals surface area contributed by atoms with Crippen LogP contribution >= 0.6 is 23.1 Å². The molecular weight excluding hydrogens is 370 g/mol. The van der Waals surface area contributed by atoms with Crippen LogP contribution < -0.4 is 10.1 Å². The summed E-state index contributed by atoms with van der Waals surface area (Å²) in [4.78, 5) is 13.2. The van der Waals surface area contributed by atoms with Crippen LogP contribution in [0, 0.1) is 0 Å². The molecule has 1 N–H and O–H groups in total. The van der Waals surface area contributed by atoms with Gasteiger partial charge in [-0.2, -0.15) is 0 Å². The van der Waals surface area contributed by atoms with Gasteiger partial charge in [0.25, 0.3) is 0 Å². The summed E-state index contributed by atoms with van der Waals surface area (Å²) in [6.45, 7) is 1.17. The highest BCUT2D eigenvalue weighted by atomic mass is 32.2. The molecule has 0 saturated carbocycles. The zero-order chi connectivity index (χ0) is 18.2. The number of nitrogens with zero attached hydrogens (tertiary/aromatic N) is 4. The standard InChI is InChI=1S/C17H19N5O2S2/c1-24-15-7-3-2-5-13(15)8-9-18-16(23)12-26-17-19-20-21-22(17)11-14-6-4-10-25-14/h2-7,10H,8-9,11-12H2,1H3,(H,18,23). The molecule has 0 spiro atoms. The Kier molecular flexibility index (Phi) is 6.62. The minimum absolute atomic E-state index is 0.0458. The largest absolute Gasteiger partial charge is 0.496 e. The number of para-hydroxylation sites is 1. The summed E-state index contributed by atoms with van der Waals surface area (Å²) in [6, 6.07) is 11.8. The first-order valence-corrected chi connectivity index (χ1v) is 9.92. The first-order valence-electron chi connectivity index (χ1n) is 8.06. The van der Waals surface area contributed by atoms with Crippen molar-refractivity contribution in [2.24, 2.45) is 0 Å². The van der Waals surface area contributed by atoms with Crippen LogP contribution in [0.1, 0.15) is 10.4 Å². The van der Waals surface area contributed by atoms with Gasteiger partial charge in [0.2, 0.25) is 11.1 Å². The molecule has 0 bridgehead atoms. The van der Waals surface area contributed by atoms with E-state index in [1.165, 1.54) is 16.6 Å². The summed E-state index contributed by atoms with van der Waals surface area (Å²) < 4.78 is 7.02. The Morgan fingerprint density at radius 3 is 3.00 bits per heavy atom. The van der Waals surface area contributed by atoms with Gasteiger partial charge in [0, 0.05) is 11.4 Å². The molecule has 0 radical (unpaired) electrons. The van der Waals surface area contributed by atoms with Crippen molar-refractivity contribution < 1.29 is 9.53 Å². The van der Waals surface area contributed by atoms with Crippen LogP contribution in [-0.2, 0) is 17.8 Å². The second kappa shape index (κ2) is 9.35. The number of methoxy groups -OCH3 is 1. The third-order valence-corrected chi connectivity index (χ3v) is 5.44. The lowest BCUT2D eigenvalue weighted by Gasteiger charge is -2.09. The van der Waals surface area contributed by atoms with Gasteiger partial charge in [-0.05, 0) is 39.9 Å². The van der Waals surface area contributed by atoms with Crippen LogP contribution in [0.25, 0.3) is 0 Å². The molecule has 9 heteroatoms. The molecule has 1 amide bonds. The Bertz CT molecular complexity index is 835. The van der Waals surface area contributed by atoms with E-state index in [0.717, 1.165) is 17.7 Å². The maximum atomic E-state index is 12.1. The Balaban J connectivity index is 1.44. The van der Waals surface area contributed by atoms with Crippen molar-refractivity contribution in [1.29, 1.82) is 0 Å². The van der Waals surface area contributed by atoms with E-state index in [0.29, 0.717) is 18.2 Å². The lowest BCUT2D eigenvalue weighted by molar-refractivity contribution is -0.118. The highest BCUT2D eigenvalue weighted by molar-refractivity contribution is 7.99. The Labute approximate surface area is 159 Å². The topological polar surface area (TPSA) is 81.9 Å². The van der Waals surface area contributed by atoms with Crippen LogP contribution in [-0.4, -0.2) is 45.5 Å². The second-order valence-corrected chi connectivity index (χ2v) is 7.37. The van der Waals surface area contributed by atoms with Crippen molar-refractivity contribution in [3.05, 3.63) is 52.2 Å². The number of carbonyl (C=O) groups is 1. The molecule has 0 aliphatic heterocycles. The number of benzene rings is 1. The summed E-state index contributed by atoms with van der Waals surface area (Å²) in [5.41, 5.74) is 1.07. The lowest BCUT2D eigenvalue weighted by atomic mass is 10.1. The monoisotopic (exact) mass is 389 g/mol. The number of thiophene rings is 1. The van der Waals surface area contributed by atoms with Gasteiger partial charge in [0.05, 0.1) is 19.4 Å². The van der Waals surface area contributed by atoms with E-state index in [-0.39, 0.29) is 11.7 Å². The summed E-state index contributed by atoms with van der Waals surface area (Å²) in [5.74, 6) is 1.07. The molecule has 3 rings (SSSR count). The predicted molar refractivity (Wildman–Crippen MR) is 102 cm³/mol. The van der Waals surface area contributed by atoms with Crippen LogP contribution in [0.5, 0.6) is 5.75 Å². The quantitative estimate of drug-likeness (QED) is 0.565. The summed E-state index contributed by atoms with van der Waals surface area (Å²) in [5, 5.41) is 17.3. The van der Waals surface area contributed by atoms with E-state index < -0.39 is 0 Å². The molecule has 136 valence electrons. The van der Waals surface area contributed by atoms with E-state index in [1.54, 1.807) is 23.1 Å². The molecule has 2 heterocycles. The molecule has 0 atom stereocenters. The van der Waals surface area contributed by atoms with Crippen molar-refractivity contribution in [3.63, 3.8) is 0 Å². The van der Waals surface area contributed by atoms with Crippen LogP contribution in [0.3, 0.4) is 0 Å². The van der Waals surface area contributed by atoms with Crippen LogP contribution in [0.2, 0.25) is 0 Å². The molecular formula is C17H19N5O2S2. The smallest absolute Gasteiger partial charge is 0.230 e. The first-order chi connectivity index (χ1) is 12.8. The molecule has 0 aliphatic carbocycles. The van der Waals surface area contributed by atoms with Crippen molar-refractivity contribution >= 4 is 29.0 Å². The van der Waals surface area contributed by atoms with Gasteiger partial charge in [-0.1, -0.05) is 36.0 Å². The third-order valence-electron chi connectivity index (χ3n) is 3.63. The first kappa shape index (κ1) is 18.4. The van der Waals surface area contributed by atoms with Crippen molar-refractivity contribution in [1.82, 2.24) is 25.5 Å². The molecule has 0 unspecified atom stereocenters. The Morgan fingerprint density at radius 1 is 1.31 bits per heavy atom. The van der Waals surface area contributed by atoms with Gasteiger partial charge in [-0.3, -0.25) is 4.79 Å². The number of carbonyl (C=O) groups excluding carboxylic acids is 1. The average molecular weight is 390 g/mol. The van der Waals surface area contributed by atoms with Gasteiger partial charge >= 0.3 is 0 Å². The highest BCUT2D eigenvalue weighted by Gasteiger charge is 2.11. The molecule has 0 saturated heterocycles. The molecule has 26 heavy (non-hydrogen) atoms. The van der Waals surface area contributed by atoms with Gasteiger partial charge < -0.3 is 10.1 Å². The third kappa shape index (κ3) is 5.06. The number of thioether (sulfide) groups is 1. The Morgan fingerprint density at radius 2 is 2.19 bits per heavy atom. The molecule has 1 aromatic carbocycles. The van der Waals surface area contributed by atoms with Crippen molar-refractivity contribution in [2.45, 2.75) is 18.1 Å². The number of hydrogen-bond donors (Lipinski definition) is 1. The fourth-order valence-electron chi connectivity index (χ4n) is 2.38. The molecule has 7 nitrogen and oxygen atoms in total. The predicted octanol–water partition coefficient (Wildman–Crippen LogP) is 2.24. The maximum absolute atomic E-state index is 12.1. The fraction of sp³-hybridized carbons (Fsp3) is 0.294. The van der Waals surface area contributed by atoms with E-state index >= 15 is 0 Å². The Hall–Kier alpha value is -2.39. The average Bonchev–Trinajstić information content (AvgIpc) is 3.33. The normalized spacial score (nSPS) is 10.7. The SMILES string of the molecule is COc1ccccc1CCNC(=O)CSc1nnnn1Cc1cccs1. The van der Waals surface area contributed by atoms with Crippen LogP contribution in [0.4, 0.5) is 0 Å². The number of aromatic nitrogens is 4. The minimum atomic E-state index is -0.0458. The zero-order valence-electron chi connectivity index (χ0n) is 14.3. The van der Waals surface area contributed by atoms with E-state index in [4.69, 9.17) is 4.74 Å². The maximum Gasteiger partial charge on any atom is 0.230 e. The number of nitrogens with one attached hydrogen (secondary N) is 1. The number of hydrogen-bond acceptors (Lipinski definition) is 7. The van der Waals surface area contributed by atoms with Crippen LogP contribution in [0.15, 0.2) is 46.9 Å². The minimum Gasteiger partial charge on any atom is -0.496 e. The van der Waals surface area contributed by atoms with E-state index in [2.05, 4.69) is 20.8 Å². The van der Waals surface area contributed by atoms with Crippen molar-refractivity contribution in [3.8, 4) is 5.75 Å². The summed E-state index contributed by atoms with van der Waals surface area (Å²) in [7, 11) is 1.65. The lowest BCUT2D eigenvalue weighted by Crippen LogP contribution is -2.27. The zero-order valence-corrected chi connectivity index (χ0v) is 15.9. The van der Waals surface area contributed by atoms with Gasteiger partial charge in [-0.25, -0.2) is 4.68 Å². The van der Waals surface area contributed by atoms with E-state index in [9.17, 15) is 4.79 Å². The van der Waals surface area contributed by atoms with Gasteiger partial charge in [0.1, 0.15) is 5.75 Å². The molecule has 2 aromatic heterocycles. The van der Waals surface area contributed by atoms with Crippen molar-refractivity contribution in [2.75, 3.05) is 19.4 Å². The highest BCUT2D eigenvalue weighted by Crippen LogP contribution is 2.18.